The van der Waals surface area contributed by atoms with Gasteiger partial charge >= 0.3 is 0 Å². The van der Waals surface area contributed by atoms with E-state index >= 15 is 0 Å². The second-order valence-electron chi connectivity index (χ2n) is 6.22. The van der Waals surface area contributed by atoms with E-state index in [1.54, 1.807) is 12.4 Å². The number of pyridine rings is 1. The molecule has 0 saturated carbocycles. The Morgan fingerprint density at radius 1 is 1.00 bits per heavy atom. The maximum atomic E-state index is 12.6. The van der Waals surface area contributed by atoms with E-state index in [-0.39, 0.29) is 5.91 Å². The maximum Gasteiger partial charge on any atom is 0.267 e. The topological polar surface area (TPSA) is 54.9 Å². The highest BCUT2D eigenvalue weighted by molar-refractivity contribution is 7.17. The lowest BCUT2D eigenvalue weighted by Gasteiger charge is -2.05. The largest absolute Gasteiger partial charge is 0.320 e. The van der Waals surface area contributed by atoms with E-state index in [1.165, 1.54) is 16.9 Å². The number of amides is 1. The summed E-state index contributed by atoms with van der Waals surface area (Å²) in [5, 5.41) is 4.75. The third-order valence-electron chi connectivity index (χ3n) is 4.19. The van der Waals surface area contributed by atoms with E-state index in [0.717, 1.165) is 27.0 Å². The molecule has 0 atom stereocenters. The van der Waals surface area contributed by atoms with E-state index < -0.39 is 0 Å². The lowest BCUT2D eigenvalue weighted by Crippen LogP contribution is -2.10. The molecule has 4 nitrogen and oxygen atoms in total. The van der Waals surface area contributed by atoms with Crippen molar-refractivity contribution >= 4 is 33.8 Å². The predicted octanol–water partition coefficient (Wildman–Crippen LogP) is 5.23. The molecule has 0 aliphatic heterocycles. The average Bonchev–Trinajstić information content (AvgIpc) is 3.11. The van der Waals surface area contributed by atoms with E-state index in [0.29, 0.717) is 10.6 Å². The molecule has 2 aromatic carbocycles. The molecule has 0 spiro atoms. The number of nitrogens with one attached hydrogen (secondary N) is 1. The van der Waals surface area contributed by atoms with Gasteiger partial charge in [-0.15, -0.1) is 11.3 Å². The monoisotopic (exact) mass is 359 g/mol. The number of anilines is 1. The molecule has 0 saturated heterocycles. The van der Waals surface area contributed by atoms with E-state index in [2.05, 4.69) is 47.3 Å². The molecule has 0 unspecified atom stereocenters. The van der Waals surface area contributed by atoms with Gasteiger partial charge in [0.25, 0.3) is 5.91 Å². The van der Waals surface area contributed by atoms with Crippen LogP contribution in [0.4, 0.5) is 5.69 Å². The number of thiazole rings is 1. The summed E-state index contributed by atoms with van der Waals surface area (Å²) >= 11 is 1.39. The normalized spacial score (nSPS) is 10.8. The van der Waals surface area contributed by atoms with Crippen molar-refractivity contribution in [2.75, 3.05) is 5.32 Å². The van der Waals surface area contributed by atoms with Crippen LogP contribution >= 0.6 is 11.3 Å². The maximum absolute atomic E-state index is 12.6. The van der Waals surface area contributed by atoms with Crippen LogP contribution in [-0.4, -0.2) is 15.9 Å². The van der Waals surface area contributed by atoms with Crippen molar-refractivity contribution in [3.8, 4) is 10.6 Å². The molecule has 0 bridgehead atoms. The third-order valence-corrected chi connectivity index (χ3v) is 5.22. The molecule has 1 N–H and O–H groups in total. The van der Waals surface area contributed by atoms with Gasteiger partial charge in [0.1, 0.15) is 9.88 Å². The minimum absolute atomic E-state index is 0.171. The molecule has 2 heterocycles. The quantitative estimate of drug-likeness (QED) is 0.545. The van der Waals surface area contributed by atoms with Gasteiger partial charge in [-0.25, -0.2) is 4.98 Å². The fraction of sp³-hybridized carbons (Fsp3) is 0.0952. The summed E-state index contributed by atoms with van der Waals surface area (Å²) in [5.41, 5.74) is 5.01. The Labute approximate surface area is 155 Å². The highest BCUT2D eigenvalue weighted by atomic mass is 32.1. The van der Waals surface area contributed by atoms with Crippen molar-refractivity contribution in [1.82, 2.24) is 9.97 Å². The molecule has 4 aromatic rings. The van der Waals surface area contributed by atoms with E-state index in [1.807, 2.05) is 30.3 Å². The molecule has 0 radical (unpaired) electrons. The summed E-state index contributed by atoms with van der Waals surface area (Å²) in [6.07, 6.45) is 3.30. The van der Waals surface area contributed by atoms with Crippen LogP contribution in [0.15, 0.2) is 60.9 Å². The van der Waals surface area contributed by atoms with E-state index in [9.17, 15) is 4.79 Å². The van der Waals surface area contributed by atoms with Crippen LogP contribution in [0.3, 0.4) is 0 Å². The zero-order valence-electron chi connectivity index (χ0n) is 14.5. The molecule has 0 aliphatic rings. The number of hydrogen-bond acceptors (Lipinski definition) is 4. The zero-order valence-corrected chi connectivity index (χ0v) is 15.3. The number of para-hydroxylation sites is 1. The van der Waals surface area contributed by atoms with Crippen molar-refractivity contribution in [3.63, 3.8) is 0 Å². The van der Waals surface area contributed by atoms with Gasteiger partial charge in [-0.1, -0.05) is 42.0 Å². The minimum Gasteiger partial charge on any atom is -0.320 e. The zero-order chi connectivity index (χ0) is 18.1. The van der Waals surface area contributed by atoms with Gasteiger partial charge in [-0.05, 0) is 31.5 Å². The Morgan fingerprint density at radius 2 is 1.85 bits per heavy atom. The number of hydrogen-bond donors (Lipinski definition) is 1. The average molecular weight is 359 g/mol. The first-order chi connectivity index (χ1) is 12.6. The number of rotatable bonds is 3. The van der Waals surface area contributed by atoms with Crippen LogP contribution < -0.4 is 5.32 Å². The second kappa shape index (κ2) is 6.69. The summed E-state index contributed by atoms with van der Waals surface area (Å²) in [7, 11) is 0. The highest BCUT2D eigenvalue weighted by Gasteiger charge is 2.13. The fourth-order valence-corrected chi connectivity index (χ4v) is 3.79. The summed E-state index contributed by atoms with van der Waals surface area (Å²) in [6.45, 7) is 4.12. The summed E-state index contributed by atoms with van der Waals surface area (Å²) in [5.74, 6) is -0.171. The molecule has 5 heteroatoms. The molecule has 0 aliphatic carbocycles. The van der Waals surface area contributed by atoms with Gasteiger partial charge in [0.2, 0.25) is 0 Å². The Hall–Kier alpha value is -3.05. The van der Waals surface area contributed by atoms with Crippen LogP contribution in [0.25, 0.3) is 21.5 Å². The predicted molar refractivity (Wildman–Crippen MR) is 107 cm³/mol. The summed E-state index contributed by atoms with van der Waals surface area (Å²) in [6, 6.07) is 16.0. The number of aromatic nitrogens is 2. The lowest BCUT2D eigenvalue weighted by molar-refractivity contribution is 0.103. The van der Waals surface area contributed by atoms with Crippen LogP contribution in [0.2, 0.25) is 0 Å². The molecule has 26 heavy (non-hydrogen) atoms. The number of carbonyl (C=O) groups excluding carboxylic acids is 1. The smallest absolute Gasteiger partial charge is 0.267 e. The van der Waals surface area contributed by atoms with Gasteiger partial charge in [0.05, 0.1) is 23.6 Å². The second-order valence-corrected chi connectivity index (χ2v) is 7.25. The molecule has 2 aromatic heterocycles. The first-order valence-electron chi connectivity index (χ1n) is 8.30. The standard InChI is InChI=1S/C21H17N3OS/c1-13-7-8-17(14(2)9-13)21-23-12-19(26-21)20(25)24-16-10-15-5-3-4-6-18(15)22-11-16/h3-12H,1-2H3,(H,24,25). The van der Waals surface area contributed by atoms with Crippen LogP contribution in [0.5, 0.6) is 0 Å². The Morgan fingerprint density at radius 3 is 2.69 bits per heavy atom. The van der Waals surface area contributed by atoms with Gasteiger partial charge in [0, 0.05) is 10.9 Å². The van der Waals surface area contributed by atoms with Crippen molar-refractivity contribution in [3.05, 3.63) is 76.9 Å². The minimum atomic E-state index is -0.171. The van der Waals surface area contributed by atoms with E-state index in [4.69, 9.17) is 0 Å². The lowest BCUT2D eigenvalue weighted by atomic mass is 10.1. The fourth-order valence-electron chi connectivity index (χ4n) is 2.89. The van der Waals surface area contributed by atoms with Gasteiger partial charge in [0.15, 0.2) is 0 Å². The Bertz CT molecular complexity index is 1120. The molecular weight excluding hydrogens is 342 g/mol. The van der Waals surface area contributed by atoms with Crippen LogP contribution in [0, 0.1) is 13.8 Å². The van der Waals surface area contributed by atoms with Crippen molar-refractivity contribution < 1.29 is 4.79 Å². The first-order valence-corrected chi connectivity index (χ1v) is 9.11. The van der Waals surface area contributed by atoms with Crippen molar-refractivity contribution in [1.29, 1.82) is 0 Å². The third kappa shape index (κ3) is 3.21. The Balaban J connectivity index is 1.57. The van der Waals surface area contributed by atoms with Crippen molar-refractivity contribution in [2.24, 2.45) is 0 Å². The number of benzene rings is 2. The SMILES string of the molecule is Cc1ccc(-c2ncc(C(=O)Nc3cnc4ccccc4c3)s2)c(C)c1. The number of fused-ring (bicyclic) bond motifs is 1. The number of nitrogens with zero attached hydrogens (tertiary/aromatic N) is 2. The highest BCUT2D eigenvalue weighted by Crippen LogP contribution is 2.29. The molecule has 128 valence electrons. The summed E-state index contributed by atoms with van der Waals surface area (Å²) < 4.78 is 0. The molecule has 4 rings (SSSR count). The van der Waals surface area contributed by atoms with Crippen LogP contribution in [-0.2, 0) is 0 Å². The summed E-state index contributed by atoms with van der Waals surface area (Å²) in [4.78, 5) is 21.9. The number of carbonyl (C=O) groups is 1. The molecule has 1 amide bonds. The first kappa shape index (κ1) is 16.4. The van der Waals surface area contributed by atoms with Crippen molar-refractivity contribution in [2.45, 2.75) is 13.8 Å². The molecular formula is C21H17N3OS. The van der Waals surface area contributed by atoms with Gasteiger partial charge in [-0.3, -0.25) is 9.78 Å². The van der Waals surface area contributed by atoms with Gasteiger partial charge in [-0.2, -0.15) is 0 Å². The number of aryl methyl sites for hydroxylation is 2. The Kier molecular flexibility index (Phi) is 4.22. The van der Waals surface area contributed by atoms with Crippen LogP contribution in [0.1, 0.15) is 20.8 Å². The van der Waals surface area contributed by atoms with Gasteiger partial charge < -0.3 is 5.32 Å². The molecule has 0 fully saturated rings.